The fourth-order valence-electron chi connectivity index (χ4n) is 1.40. The second-order valence-electron chi connectivity index (χ2n) is 3.27. The molecular formula is C12H14O3. The van der Waals surface area contributed by atoms with Crippen molar-refractivity contribution >= 4 is 0 Å². The topological polar surface area (TPSA) is 27.7 Å². The van der Waals surface area contributed by atoms with E-state index >= 15 is 0 Å². The van der Waals surface area contributed by atoms with Crippen molar-refractivity contribution in [2.45, 2.75) is 6.42 Å². The molecule has 3 heteroatoms. The zero-order valence-corrected chi connectivity index (χ0v) is 8.73. The Labute approximate surface area is 89.3 Å². The smallest absolute Gasteiger partial charge is 0.145 e. The van der Waals surface area contributed by atoms with Gasteiger partial charge in [0, 0.05) is 6.42 Å². The molecule has 0 N–H and O–H groups in total. The van der Waals surface area contributed by atoms with Crippen LogP contribution in [0.5, 0.6) is 11.5 Å². The molecule has 0 aromatic heterocycles. The van der Waals surface area contributed by atoms with Crippen LogP contribution in [0.3, 0.4) is 0 Å². The van der Waals surface area contributed by atoms with Gasteiger partial charge in [0.05, 0.1) is 13.7 Å². The van der Waals surface area contributed by atoms with Crippen molar-refractivity contribution in [3.8, 4) is 11.5 Å². The van der Waals surface area contributed by atoms with Crippen molar-refractivity contribution < 1.29 is 14.2 Å². The fourth-order valence-corrected chi connectivity index (χ4v) is 1.40. The molecule has 3 nitrogen and oxygen atoms in total. The van der Waals surface area contributed by atoms with E-state index in [-0.39, 0.29) is 0 Å². The summed E-state index contributed by atoms with van der Waals surface area (Å²) in [5.41, 5.74) is 0. The summed E-state index contributed by atoms with van der Waals surface area (Å²) >= 11 is 0. The molecule has 0 unspecified atom stereocenters. The monoisotopic (exact) mass is 206 g/mol. The lowest BCUT2D eigenvalue weighted by Gasteiger charge is -2.07. The number of rotatable bonds is 4. The second kappa shape index (κ2) is 4.73. The van der Waals surface area contributed by atoms with Crippen molar-refractivity contribution in [2.24, 2.45) is 0 Å². The number of methoxy groups -OCH3 is 1. The Hall–Kier alpha value is -1.64. The van der Waals surface area contributed by atoms with Gasteiger partial charge < -0.3 is 14.2 Å². The summed E-state index contributed by atoms with van der Waals surface area (Å²) in [5, 5.41) is 0. The Morgan fingerprint density at radius 3 is 2.53 bits per heavy atom. The minimum atomic E-state index is 0.506. The molecule has 1 aliphatic heterocycles. The van der Waals surface area contributed by atoms with E-state index in [1.807, 2.05) is 24.3 Å². The summed E-state index contributed by atoms with van der Waals surface area (Å²) in [6.45, 7) is 1.29. The van der Waals surface area contributed by atoms with Crippen LogP contribution in [-0.4, -0.2) is 20.3 Å². The van der Waals surface area contributed by atoms with Gasteiger partial charge in [-0.1, -0.05) is 0 Å². The minimum absolute atomic E-state index is 0.506. The van der Waals surface area contributed by atoms with E-state index in [1.165, 1.54) is 0 Å². The van der Waals surface area contributed by atoms with Crippen LogP contribution < -0.4 is 9.47 Å². The van der Waals surface area contributed by atoms with E-state index in [9.17, 15) is 0 Å². The van der Waals surface area contributed by atoms with Gasteiger partial charge in [-0.25, -0.2) is 0 Å². The van der Waals surface area contributed by atoms with E-state index in [0.717, 1.165) is 30.3 Å². The molecule has 1 aliphatic rings. The first-order valence-corrected chi connectivity index (χ1v) is 4.97. The maximum Gasteiger partial charge on any atom is 0.145 e. The van der Waals surface area contributed by atoms with E-state index in [2.05, 4.69) is 6.08 Å². The molecule has 1 heterocycles. The van der Waals surface area contributed by atoms with Crippen molar-refractivity contribution in [1.82, 2.24) is 0 Å². The predicted octanol–water partition coefficient (Wildman–Crippen LogP) is 2.38. The summed E-state index contributed by atoms with van der Waals surface area (Å²) in [6, 6.07) is 7.52. The average molecular weight is 206 g/mol. The Morgan fingerprint density at radius 2 is 1.93 bits per heavy atom. The Kier molecular flexibility index (Phi) is 3.12. The highest BCUT2D eigenvalue weighted by molar-refractivity contribution is 5.31. The van der Waals surface area contributed by atoms with Gasteiger partial charge in [0.1, 0.15) is 23.9 Å². The van der Waals surface area contributed by atoms with Gasteiger partial charge in [-0.2, -0.15) is 0 Å². The Balaban J connectivity index is 1.87. The molecule has 0 saturated carbocycles. The molecule has 0 bridgehead atoms. The van der Waals surface area contributed by atoms with Gasteiger partial charge in [-0.3, -0.25) is 0 Å². The quantitative estimate of drug-likeness (QED) is 0.757. The molecule has 0 saturated heterocycles. The molecule has 1 aromatic rings. The highest BCUT2D eigenvalue weighted by Crippen LogP contribution is 2.18. The van der Waals surface area contributed by atoms with Crippen molar-refractivity contribution in [1.29, 1.82) is 0 Å². The van der Waals surface area contributed by atoms with Crippen molar-refractivity contribution in [3.63, 3.8) is 0 Å². The highest BCUT2D eigenvalue weighted by atomic mass is 16.5. The second-order valence-corrected chi connectivity index (χ2v) is 3.27. The summed E-state index contributed by atoms with van der Waals surface area (Å²) in [5.74, 6) is 2.58. The summed E-state index contributed by atoms with van der Waals surface area (Å²) in [7, 11) is 1.65. The lowest BCUT2D eigenvalue weighted by atomic mass is 10.3. The van der Waals surface area contributed by atoms with Gasteiger partial charge in [0.25, 0.3) is 0 Å². The number of benzene rings is 1. The van der Waals surface area contributed by atoms with E-state index in [4.69, 9.17) is 14.2 Å². The lowest BCUT2D eigenvalue weighted by Crippen LogP contribution is -2.01. The SMILES string of the molecule is COc1ccc(OCC2=CCCO2)cc1. The average Bonchev–Trinajstić information content (AvgIpc) is 2.80. The zero-order valence-electron chi connectivity index (χ0n) is 8.73. The number of hydrogen-bond acceptors (Lipinski definition) is 3. The number of ether oxygens (including phenoxy) is 3. The van der Waals surface area contributed by atoms with E-state index in [0.29, 0.717) is 6.61 Å². The molecule has 0 fully saturated rings. The zero-order chi connectivity index (χ0) is 10.5. The summed E-state index contributed by atoms with van der Waals surface area (Å²) < 4.78 is 15.9. The Morgan fingerprint density at radius 1 is 1.20 bits per heavy atom. The molecule has 15 heavy (non-hydrogen) atoms. The largest absolute Gasteiger partial charge is 0.497 e. The summed E-state index contributed by atoms with van der Waals surface area (Å²) in [6.07, 6.45) is 3.05. The van der Waals surface area contributed by atoms with Crippen molar-refractivity contribution in [2.75, 3.05) is 20.3 Å². The van der Waals surface area contributed by atoms with Crippen LogP contribution in [0, 0.1) is 0 Å². The molecule has 0 spiro atoms. The van der Waals surface area contributed by atoms with Crippen LogP contribution in [0.4, 0.5) is 0 Å². The van der Waals surface area contributed by atoms with E-state index in [1.54, 1.807) is 7.11 Å². The molecular weight excluding hydrogens is 192 g/mol. The first-order chi connectivity index (χ1) is 7.38. The van der Waals surface area contributed by atoms with Gasteiger partial charge >= 0.3 is 0 Å². The molecule has 0 aliphatic carbocycles. The molecule has 0 atom stereocenters. The van der Waals surface area contributed by atoms with Crippen molar-refractivity contribution in [3.05, 3.63) is 36.1 Å². The number of hydrogen-bond donors (Lipinski definition) is 0. The first-order valence-electron chi connectivity index (χ1n) is 4.97. The standard InChI is InChI=1S/C12H14O3/c1-13-10-4-6-11(7-5-10)15-9-12-3-2-8-14-12/h3-7H,2,8-9H2,1H3. The molecule has 0 radical (unpaired) electrons. The predicted molar refractivity (Wildman–Crippen MR) is 57.1 cm³/mol. The summed E-state index contributed by atoms with van der Waals surface area (Å²) in [4.78, 5) is 0. The first kappa shape index (κ1) is 9.90. The third kappa shape index (κ3) is 2.65. The molecule has 1 aromatic carbocycles. The van der Waals surface area contributed by atoms with E-state index < -0.39 is 0 Å². The van der Waals surface area contributed by atoms with Crippen LogP contribution in [0.25, 0.3) is 0 Å². The third-order valence-corrected chi connectivity index (χ3v) is 2.22. The maximum atomic E-state index is 5.54. The minimum Gasteiger partial charge on any atom is -0.497 e. The third-order valence-electron chi connectivity index (χ3n) is 2.22. The van der Waals surface area contributed by atoms with Gasteiger partial charge in [-0.05, 0) is 30.3 Å². The molecule has 2 rings (SSSR count). The van der Waals surface area contributed by atoms with Crippen LogP contribution >= 0.6 is 0 Å². The fraction of sp³-hybridized carbons (Fsp3) is 0.333. The van der Waals surface area contributed by atoms with Gasteiger partial charge in [0.2, 0.25) is 0 Å². The Bertz CT molecular complexity index is 340. The lowest BCUT2D eigenvalue weighted by molar-refractivity contribution is 0.194. The van der Waals surface area contributed by atoms with Crippen LogP contribution in [0.2, 0.25) is 0 Å². The highest BCUT2D eigenvalue weighted by Gasteiger charge is 2.05. The molecule has 0 amide bonds. The van der Waals surface area contributed by atoms with Crippen LogP contribution in [0.15, 0.2) is 36.1 Å². The van der Waals surface area contributed by atoms with Crippen LogP contribution in [-0.2, 0) is 4.74 Å². The molecule has 80 valence electrons. The van der Waals surface area contributed by atoms with Gasteiger partial charge in [0.15, 0.2) is 0 Å². The van der Waals surface area contributed by atoms with Crippen LogP contribution in [0.1, 0.15) is 6.42 Å². The maximum absolute atomic E-state index is 5.54. The van der Waals surface area contributed by atoms with Gasteiger partial charge in [-0.15, -0.1) is 0 Å². The normalized spacial score (nSPS) is 14.3.